The lowest BCUT2D eigenvalue weighted by atomic mass is 9.82. The number of hydrogen-bond acceptors (Lipinski definition) is 2. The van der Waals surface area contributed by atoms with Crippen LogP contribution in [0.5, 0.6) is 0 Å². The number of carbonyl (C=O) groups is 1. The second kappa shape index (κ2) is 6.35. The molecule has 1 aliphatic carbocycles. The third-order valence-corrected chi connectivity index (χ3v) is 4.06. The van der Waals surface area contributed by atoms with Crippen LogP contribution < -0.4 is 0 Å². The van der Waals surface area contributed by atoms with Gasteiger partial charge in [0.05, 0.1) is 5.02 Å². The average Bonchev–Trinajstić information content (AvgIpc) is 2.41. The zero-order chi connectivity index (χ0) is 13.0. The Morgan fingerprint density at radius 3 is 2.56 bits per heavy atom. The van der Waals surface area contributed by atoms with E-state index in [2.05, 4.69) is 0 Å². The summed E-state index contributed by atoms with van der Waals surface area (Å²) >= 11 is 6.08. The van der Waals surface area contributed by atoms with Crippen molar-refractivity contribution in [3.63, 3.8) is 0 Å². The van der Waals surface area contributed by atoms with Crippen LogP contribution in [0.2, 0.25) is 5.02 Å². The molecule has 1 aromatic rings. The van der Waals surface area contributed by atoms with Gasteiger partial charge in [0.1, 0.15) is 6.10 Å². The van der Waals surface area contributed by atoms with E-state index in [0.717, 1.165) is 12.8 Å². The van der Waals surface area contributed by atoms with Gasteiger partial charge in [-0.15, -0.1) is 0 Å². The van der Waals surface area contributed by atoms with E-state index in [1.807, 2.05) is 12.1 Å². The summed E-state index contributed by atoms with van der Waals surface area (Å²) < 4.78 is 5.45. The van der Waals surface area contributed by atoms with Crippen molar-refractivity contribution < 1.29 is 9.53 Å². The van der Waals surface area contributed by atoms with Crippen LogP contribution in [0.25, 0.3) is 0 Å². The number of methoxy groups -OCH3 is 1. The number of rotatable bonds is 4. The smallest absolute Gasteiger partial charge is 0.193 e. The lowest BCUT2D eigenvalue weighted by Crippen LogP contribution is -2.33. The standard InChI is InChI=1S/C15H19ClO2/c1-18-15(11-7-3-2-4-8-11)14(17)12-9-5-6-10-13(12)16/h5-6,9-11,15H,2-4,7-8H2,1H3. The van der Waals surface area contributed by atoms with E-state index in [-0.39, 0.29) is 11.9 Å². The summed E-state index contributed by atoms with van der Waals surface area (Å²) in [6, 6.07) is 7.20. The normalized spacial score (nSPS) is 18.6. The SMILES string of the molecule is COC(C(=O)c1ccccc1Cl)C1CCCCC1. The van der Waals surface area contributed by atoms with Crippen LogP contribution in [0, 0.1) is 5.92 Å². The molecule has 98 valence electrons. The molecule has 0 spiro atoms. The van der Waals surface area contributed by atoms with Gasteiger partial charge in [-0.25, -0.2) is 0 Å². The number of ether oxygens (including phenoxy) is 1. The number of carbonyl (C=O) groups excluding carboxylic acids is 1. The molecule has 2 rings (SSSR count). The van der Waals surface area contributed by atoms with Crippen molar-refractivity contribution in [2.75, 3.05) is 7.11 Å². The third-order valence-electron chi connectivity index (χ3n) is 3.73. The average molecular weight is 267 g/mol. The Kier molecular flexibility index (Phi) is 4.79. The molecule has 18 heavy (non-hydrogen) atoms. The Labute approximate surface area is 113 Å². The summed E-state index contributed by atoms with van der Waals surface area (Å²) in [5.74, 6) is 0.363. The molecule has 0 heterocycles. The summed E-state index contributed by atoms with van der Waals surface area (Å²) in [6.07, 6.45) is 5.47. The van der Waals surface area contributed by atoms with Crippen LogP contribution in [-0.2, 0) is 4.74 Å². The van der Waals surface area contributed by atoms with Crippen LogP contribution in [0.4, 0.5) is 0 Å². The van der Waals surface area contributed by atoms with Crippen molar-refractivity contribution in [2.24, 2.45) is 5.92 Å². The zero-order valence-corrected chi connectivity index (χ0v) is 11.5. The first-order valence-corrected chi connectivity index (χ1v) is 6.93. The zero-order valence-electron chi connectivity index (χ0n) is 10.7. The Hall–Kier alpha value is -0.860. The first-order valence-electron chi connectivity index (χ1n) is 6.55. The fraction of sp³-hybridized carbons (Fsp3) is 0.533. The van der Waals surface area contributed by atoms with Gasteiger partial charge in [-0.1, -0.05) is 43.0 Å². The highest BCUT2D eigenvalue weighted by Gasteiger charge is 2.30. The van der Waals surface area contributed by atoms with Crippen LogP contribution in [0.15, 0.2) is 24.3 Å². The van der Waals surface area contributed by atoms with Crippen molar-refractivity contribution in [3.05, 3.63) is 34.9 Å². The lowest BCUT2D eigenvalue weighted by molar-refractivity contribution is 0.0314. The van der Waals surface area contributed by atoms with Crippen LogP contribution in [-0.4, -0.2) is 19.0 Å². The quantitative estimate of drug-likeness (QED) is 0.767. The number of Topliss-reactive ketones (excluding diaryl/α,β-unsaturated/α-hetero) is 1. The molecule has 1 unspecified atom stereocenters. The van der Waals surface area contributed by atoms with Gasteiger partial charge >= 0.3 is 0 Å². The molecule has 0 aromatic heterocycles. The highest BCUT2D eigenvalue weighted by Crippen LogP contribution is 2.30. The van der Waals surface area contributed by atoms with Crippen LogP contribution in [0.3, 0.4) is 0 Å². The molecule has 1 atom stereocenters. The lowest BCUT2D eigenvalue weighted by Gasteiger charge is -2.28. The van der Waals surface area contributed by atoms with E-state index in [1.54, 1.807) is 19.2 Å². The Morgan fingerprint density at radius 2 is 1.94 bits per heavy atom. The summed E-state index contributed by atoms with van der Waals surface area (Å²) in [6.45, 7) is 0. The molecule has 1 saturated carbocycles. The molecular weight excluding hydrogens is 248 g/mol. The van der Waals surface area contributed by atoms with Gasteiger partial charge in [0, 0.05) is 12.7 Å². The van der Waals surface area contributed by atoms with Crippen molar-refractivity contribution in [1.82, 2.24) is 0 Å². The predicted octanol–water partition coefficient (Wildman–Crippen LogP) is 4.12. The molecule has 2 nitrogen and oxygen atoms in total. The Morgan fingerprint density at radius 1 is 1.28 bits per heavy atom. The molecule has 0 aliphatic heterocycles. The van der Waals surface area contributed by atoms with Crippen molar-refractivity contribution in [2.45, 2.75) is 38.2 Å². The molecule has 0 amide bonds. The molecule has 1 aromatic carbocycles. The molecular formula is C15H19ClO2. The number of benzene rings is 1. The largest absolute Gasteiger partial charge is 0.373 e. The van der Waals surface area contributed by atoms with E-state index in [1.165, 1.54) is 19.3 Å². The number of ketones is 1. The van der Waals surface area contributed by atoms with Gasteiger partial charge in [0.2, 0.25) is 0 Å². The maximum Gasteiger partial charge on any atom is 0.193 e. The maximum absolute atomic E-state index is 12.5. The van der Waals surface area contributed by atoms with Crippen molar-refractivity contribution >= 4 is 17.4 Å². The molecule has 0 N–H and O–H groups in total. The first kappa shape index (κ1) is 13.6. The number of hydrogen-bond donors (Lipinski definition) is 0. The second-order valence-electron chi connectivity index (χ2n) is 4.90. The monoisotopic (exact) mass is 266 g/mol. The third kappa shape index (κ3) is 2.93. The first-order chi connectivity index (χ1) is 8.74. The van der Waals surface area contributed by atoms with Gasteiger partial charge in [-0.3, -0.25) is 4.79 Å². The number of halogens is 1. The maximum atomic E-state index is 12.5. The summed E-state index contributed by atoms with van der Waals surface area (Å²) in [7, 11) is 1.62. The highest BCUT2D eigenvalue weighted by atomic mass is 35.5. The van der Waals surface area contributed by atoms with E-state index >= 15 is 0 Å². The predicted molar refractivity (Wildman–Crippen MR) is 73.2 cm³/mol. The van der Waals surface area contributed by atoms with E-state index in [0.29, 0.717) is 16.5 Å². The van der Waals surface area contributed by atoms with Crippen LogP contribution in [0.1, 0.15) is 42.5 Å². The molecule has 1 aliphatic rings. The van der Waals surface area contributed by atoms with Crippen molar-refractivity contribution in [3.8, 4) is 0 Å². The minimum atomic E-state index is -0.342. The second-order valence-corrected chi connectivity index (χ2v) is 5.31. The van der Waals surface area contributed by atoms with E-state index in [4.69, 9.17) is 16.3 Å². The van der Waals surface area contributed by atoms with Gasteiger partial charge < -0.3 is 4.74 Å². The topological polar surface area (TPSA) is 26.3 Å². The molecule has 0 bridgehead atoms. The molecule has 1 fully saturated rings. The van der Waals surface area contributed by atoms with Crippen molar-refractivity contribution in [1.29, 1.82) is 0 Å². The fourth-order valence-electron chi connectivity index (χ4n) is 2.76. The minimum absolute atomic E-state index is 0.0231. The molecule has 0 saturated heterocycles. The van der Waals surface area contributed by atoms with E-state index < -0.39 is 0 Å². The summed E-state index contributed by atoms with van der Waals surface area (Å²) in [5, 5.41) is 0.514. The fourth-order valence-corrected chi connectivity index (χ4v) is 2.99. The van der Waals surface area contributed by atoms with Gasteiger partial charge in [0.15, 0.2) is 5.78 Å². The highest BCUT2D eigenvalue weighted by molar-refractivity contribution is 6.34. The molecule has 3 heteroatoms. The summed E-state index contributed by atoms with van der Waals surface area (Å²) in [5.41, 5.74) is 0.580. The van der Waals surface area contributed by atoms with E-state index in [9.17, 15) is 4.79 Å². The Bertz CT molecular complexity index is 411. The summed E-state index contributed by atoms with van der Waals surface area (Å²) in [4.78, 5) is 12.5. The Balaban J connectivity index is 2.17. The van der Waals surface area contributed by atoms with Gasteiger partial charge in [-0.05, 0) is 30.9 Å². The molecule has 0 radical (unpaired) electrons. The minimum Gasteiger partial charge on any atom is -0.373 e. The van der Waals surface area contributed by atoms with Crippen LogP contribution >= 0.6 is 11.6 Å². The van der Waals surface area contributed by atoms with Gasteiger partial charge in [0.25, 0.3) is 0 Å². The van der Waals surface area contributed by atoms with Gasteiger partial charge in [-0.2, -0.15) is 0 Å².